The highest BCUT2D eigenvalue weighted by molar-refractivity contribution is 5.84. The second-order valence-corrected chi connectivity index (χ2v) is 4.74. The Bertz CT molecular complexity index is 658. The van der Waals surface area contributed by atoms with Crippen LogP contribution >= 0.6 is 0 Å². The number of amides is 1. The number of carbonyl (C=O) groups excluding carboxylic acids is 1. The zero-order chi connectivity index (χ0) is 15.4. The summed E-state index contributed by atoms with van der Waals surface area (Å²) in [6.45, 7) is 1.94. The maximum atomic E-state index is 13.8. The Morgan fingerprint density at radius 1 is 1.29 bits per heavy atom. The molecule has 2 aromatic carbocycles. The average molecular weight is 288 g/mol. The highest BCUT2D eigenvalue weighted by Gasteiger charge is 2.19. The van der Waals surface area contributed by atoms with Crippen molar-refractivity contribution in [2.75, 3.05) is 12.4 Å². The number of anilines is 1. The summed E-state index contributed by atoms with van der Waals surface area (Å²) in [5.74, 6) is -0.995. The van der Waals surface area contributed by atoms with Crippen LogP contribution in [0.2, 0.25) is 0 Å². The highest BCUT2D eigenvalue weighted by atomic mass is 19.1. The molecular formula is C16H17FN2O2. The molecule has 2 aromatic rings. The Labute approximate surface area is 122 Å². The average Bonchev–Trinajstić information content (AvgIpc) is 2.44. The van der Waals surface area contributed by atoms with Gasteiger partial charge in [-0.25, -0.2) is 4.39 Å². The van der Waals surface area contributed by atoms with Crippen molar-refractivity contribution in [1.82, 2.24) is 0 Å². The van der Waals surface area contributed by atoms with Crippen LogP contribution in [-0.4, -0.2) is 13.0 Å². The number of carbonyl (C=O) groups is 1. The van der Waals surface area contributed by atoms with Crippen LogP contribution < -0.4 is 15.8 Å². The monoisotopic (exact) mass is 288 g/mol. The summed E-state index contributed by atoms with van der Waals surface area (Å²) < 4.78 is 18.6. The van der Waals surface area contributed by atoms with Crippen molar-refractivity contribution in [3.63, 3.8) is 0 Å². The molecule has 2 rings (SSSR count). The quantitative estimate of drug-likeness (QED) is 0.889. The fourth-order valence-electron chi connectivity index (χ4n) is 2.08. The first-order valence-corrected chi connectivity index (χ1v) is 6.47. The van der Waals surface area contributed by atoms with E-state index in [1.54, 1.807) is 6.07 Å². The second-order valence-electron chi connectivity index (χ2n) is 4.74. The minimum absolute atomic E-state index is 0.123. The first kappa shape index (κ1) is 14.8. The summed E-state index contributed by atoms with van der Waals surface area (Å²) in [6, 6.07) is 11.0. The molecule has 110 valence electrons. The number of nitrogens with two attached hydrogens (primary N) is 1. The van der Waals surface area contributed by atoms with Crippen molar-refractivity contribution in [1.29, 1.82) is 0 Å². The smallest absolute Gasteiger partial charge is 0.244 e. The van der Waals surface area contributed by atoms with Crippen LogP contribution in [0, 0.1) is 12.7 Å². The lowest BCUT2D eigenvalue weighted by atomic mass is 10.0. The Kier molecular flexibility index (Phi) is 4.42. The number of hydrogen-bond acceptors (Lipinski definition) is 3. The molecule has 0 saturated carbocycles. The van der Waals surface area contributed by atoms with Gasteiger partial charge in [0.2, 0.25) is 5.91 Å². The van der Waals surface area contributed by atoms with Gasteiger partial charge in [0, 0.05) is 5.69 Å². The first-order valence-electron chi connectivity index (χ1n) is 6.47. The lowest BCUT2D eigenvalue weighted by molar-refractivity contribution is -0.118. The molecule has 1 amide bonds. The Hall–Kier alpha value is -2.56. The molecule has 4 nitrogen and oxygen atoms in total. The Morgan fingerprint density at radius 2 is 2.05 bits per heavy atom. The Balaban J connectivity index is 2.31. The third-order valence-electron chi connectivity index (χ3n) is 3.12. The number of methoxy groups -OCH3 is 1. The molecule has 21 heavy (non-hydrogen) atoms. The van der Waals surface area contributed by atoms with E-state index in [-0.39, 0.29) is 5.75 Å². The SMILES string of the molecule is COc1ccc(C(Nc2cccc(C)c2)C(N)=O)cc1F. The summed E-state index contributed by atoms with van der Waals surface area (Å²) >= 11 is 0. The van der Waals surface area contributed by atoms with Crippen molar-refractivity contribution < 1.29 is 13.9 Å². The van der Waals surface area contributed by atoms with Crippen molar-refractivity contribution in [2.45, 2.75) is 13.0 Å². The predicted octanol–water partition coefficient (Wildman–Crippen LogP) is 2.78. The molecule has 0 aliphatic rings. The molecule has 0 saturated heterocycles. The van der Waals surface area contributed by atoms with Crippen LogP contribution in [0.15, 0.2) is 42.5 Å². The lowest BCUT2D eigenvalue weighted by Gasteiger charge is -2.18. The zero-order valence-corrected chi connectivity index (χ0v) is 11.9. The van der Waals surface area contributed by atoms with Crippen LogP contribution in [0.5, 0.6) is 5.75 Å². The van der Waals surface area contributed by atoms with Crippen LogP contribution in [0.1, 0.15) is 17.2 Å². The van der Waals surface area contributed by atoms with Gasteiger partial charge in [0.1, 0.15) is 6.04 Å². The minimum atomic E-state index is -0.813. The van der Waals surface area contributed by atoms with Crippen LogP contribution in [0.25, 0.3) is 0 Å². The van der Waals surface area contributed by atoms with Crippen LogP contribution in [0.4, 0.5) is 10.1 Å². The molecule has 1 atom stereocenters. The fraction of sp³-hybridized carbons (Fsp3) is 0.188. The van der Waals surface area contributed by atoms with E-state index in [1.807, 2.05) is 31.2 Å². The number of benzene rings is 2. The van der Waals surface area contributed by atoms with E-state index in [1.165, 1.54) is 19.2 Å². The molecule has 5 heteroatoms. The molecular weight excluding hydrogens is 271 g/mol. The molecule has 0 aliphatic carbocycles. The largest absolute Gasteiger partial charge is 0.494 e. The van der Waals surface area contributed by atoms with E-state index in [4.69, 9.17) is 10.5 Å². The Morgan fingerprint density at radius 3 is 2.62 bits per heavy atom. The zero-order valence-electron chi connectivity index (χ0n) is 11.9. The summed E-state index contributed by atoms with van der Waals surface area (Å²) in [5.41, 5.74) is 7.66. The van der Waals surface area contributed by atoms with E-state index < -0.39 is 17.8 Å². The van der Waals surface area contributed by atoms with E-state index in [0.717, 1.165) is 11.3 Å². The number of rotatable bonds is 5. The molecule has 0 aromatic heterocycles. The number of hydrogen-bond donors (Lipinski definition) is 2. The van der Waals surface area contributed by atoms with E-state index in [0.29, 0.717) is 5.56 Å². The number of halogens is 1. The number of nitrogens with one attached hydrogen (secondary N) is 1. The van der Waals surface area contributed by atoms with Gasteiger partial charge in [-0.2, -0.15) is 0 Å². The molecule has 0 aliphatic heterocycles. The predicted molar refractivity (Wildman–Crippen MR) is 79.7 cm³/mol. The van der Waals surface area contributed by atoms with Crippen molar-refractivity contribution in [2.24, 2.45) is 5.73 Å². The minimum Gasteiger partial charge on any atom is -0.494 e. The van der Waals surface area contributed by atoms with Gasteiger partial charge >= 0.3 is 0 Å². The van der Waals surface area contributed by atoms with Gasteiger partial charge in [0.15, 0.2) is 11.6 Å². The topological polar surface area (TPSA) is 64.3 Å². The molecule has 0 bridgehead atoms. The summed E-state index contributed by atoms with van der Waals surface area (Å²) in [7, 11) is 1.38. The molecule has 0 fully saturated rings. The second kappa shape index (κ2) is 6.26. The van der Waals surface area contributed by atoms with Crippen molar-refractivity contribution in [3.05, 3.63) is 59.4 Å². The van der Waals surface area contributed by atoms with Crippen LogP contribution in [0.3, 0.4) is 0 Å². The summed E-state index contributed by atoms with van der Waals surface area (Å²) in [4.78, 5) is 11.7. The van der Waals surface area contributed by atoms with Crippen molar-refractivity contribution >= 4 is 11.6 Å². The van der Waals surface area contributed by atoms with Gasteiger partial charge < -0.3 is 15.8 Å². The molecule has 0 heterocycles. The lowest BCUT2D eigenvalue weighted by Crippen LogP contribution is -2.27. The third-order valence-corrected chi connectivity index (χ3v) is 3.12. The van der Waals surface area contributed by atoms with Gasteiger partial charge in [-0.15, -0.1) is 0 Å². The fourth-order valence-corrected chi connectivity index (χ4v) is 2.08. The normalized spacial score (nSPS) is 11.8. The summed E-state index contributed by atoms with van der Waals surface area (Å²) in [6.07, 6.45) is 0. The number of aryl methyl sites for hydroxylation is 1. The van der Waals surface area contributed by atoms with E-state index >= 15 is 0 Å². The number of ether oxygens (including phenoxy) is 1. The van der Waals surface area contributed by atoms with E-state index in [2.05, 4.69) is 5.32 Å². The van der Waals surface area contributed by atoms with Gasteiger partial charge in [-0.1, -0.05) is 18.2 Å². The van der Waals surface area contributed by atoms with Gasteiger partial charge in [0.05, 0.1) is 7.11 Å². The molecule has 3 N–H and O–H groups in total. The maximum absolute atomic E-state index is 13.8. The summed E-state index contributed by atoms with van der Waals surface area (Å²) in [5, 5.41) is 3.02. The first-order chi connectivity index (χ1) is 10.0. The van der Waals surface area contributed by atoms with Crippen LogP contribution in [-0.2, 0) is 4.79 Å². The number of primary amides is 1. The molecule has 1 unspecified atom stereocenters. The van der Waals surface area contributed by atoms with Gasteiger partial charge in [-0.3, -0.25) is 4.79 Å². The highest BCUT2D eigenvalue weighted by Crippen LogP contribution is 2.25. The standard InChI is InChI=1S/C16H17FN2O2/c1-10-4-3-5-12(8-10)19-15(16(18)20)11-6-7-14(21-2)13(17)9-11/h3-9,15,19H,1-2H3,(H2,18,20). The molecule has 0 radical (unpaired) electrons. The van der Waals surface area contributed by atoms with Gasteiger partial charge in [-0.05, 0) is 42.3 Å². The molecule has 0 spiro atoms. The maximum Gasteiger partial charge on any atom is 0.244 e. The van der Waals surface area contributed by atoms with E-state index in [9.17, 15) is 9.18 Å². The van der Waals surface area contributed by atoms with Crippen molar-refractivity contribution in [3.8, 4) is 5.75 Å². The van der Waals surface area contributed by atoms with Gasteiger partial charge in [0.25, 0.3) is 0 Å². The third kappa shape index (κ3) is 3.51.